The largest absolute Gasteiger partial charge is 0.314 e. The fourth-order valence-corrected chi connectivity index (χ4v) is 2.49. The maximum absolute atomic E-state index is 3.66. The highest BCUT2D eigenvalue weighted by molar-refractivity contribution is 4.99. The molecule has 1 heteroatoms. The van der Waals surface area contributed by atoms with Gasteiger partial charge in [-0.1, -0.05) is 6.42 Å². The third-order valence-electron chi connectivity index (χ3n) is 3.60. The van der Waals surface area contributed by atoms with Gasteiger partial charge in [0.15, 0.2) is 0 Å². The smallest absolute Gasteiger partial charge is 0.0120 e. The Morgan fingerprint density at radius 2 is 1.93 bits per heavy atom. The molecule has 2 saturated carbocycles. The Labute approximate surface area is 87.7 Å². The fourth-order valence-electron chi connectivity index (χ4n) is 2.49. The summed E-state index contributed by atoms with van der Waals surface area (Å²) in [4.78, 5) is 0. The first-order valence-electron chi connectivity index (χ1n) is 6.03. The van der Waals surface area contributed by atoms with Gasteiger partial charge in [0.2, 0.25) is 0 Å². The maximum atomic E-state index is 3.66. The van der Waals surface area contributed by atoms with E-state index in [0.29, 0.717) is 0 Å². The minimum Gasteiger partial charge on any atom is -0.314 e. The van der Waals surface area contributed by atoms with Gasteiger partial charge < -0.3 is 5.32 Å². The van der Waals surface area contributed by atoms with Gasteiger partial charge in [-0.15, -0.1) is 11.8 Å². The van der Waals surface area contributed by atoms with Crippen LogP contribution in [0.4, 0.5) is 0 Å². The zero-order valence-electron chi connectivity index (χ0n) is 9.18. The number of hydrogen-bond acceptors (Lipinski definition) is 1. The second kappa shape index (κ2) is 4.84. The van der Waals surface area contributed by atoms with Crippen LogP contribution in [0.5, 0.6) is 0 Å². The summed E-state index contributed by atoms with van der Waals surface area (Å²) in [6, 6.07) is 0.869. The van der Waals surface area contributed by atoms with Crippen molar-refractivity contribution in [2.24, 2.45) is 11.8 Å². The summed E-state index contributed by atoms with van der Waals surface area (Å²) in [6.07, 6.45) is 8.21. The van der Waals surface area contributed by atoms with E-state index in [1.54, 1.807) is 0 Å². The predicted molar refractivity (Wildman–Crippen MR) is 59.9 cm³/mol. The fraction of sp³-hybridized carbons (Fsp3) is 0.846. The highest BCUT2D eigenvalue weighted by atomic mass is 14.9. The maximum Gasteiger partial charge on any atom is 0.0120 e. The van der Waals surface area contributed by atoms with Crippen molar-refractivity contribution in [3.05, 3.63) is 0 Å². The minimum absolute atomic E-state index is 0.869. The van der Waals surface area contributed by atoms with Crippen molar-refractivity contribution < 1.29 is 0 Å². The molecule has 0 radical (unpaired) electrons. The molecule has 0 aromatic rings. The molecule has 2 atom stereocenters. The molecule has 0 bridgehead atoms. The average Bonchev–Trinajstić information content (AvgIpc) is 2.92. The Bertz CT molecular complexity index is 231. The van der Waals surface area contributed by atoms with Gasteiger partial charge in [-0.25, -0.2) is 0 Å². The lowest BCUT2D eigenvalue weighted by Crippen LogP contribution is -2.26. The first kappa shape index (κ1) is 10.1. The van der Waals surface area contributed by atoms with Gasteiger partial charge in [-0.3, -0.25) is 0 Å². The summed E-state index contributed by atoms with van der Waals surface area (Å²) in [6.45, 7) is 3.20. The van der Waals surface area contributed by atoms with Gasteiger partial charge in [0.1, 0.15) is 0 Å². The normalized spacial score (nSPS) is 31.2. The third kappa shape index (κ3) is 2.75. The summed E-state index contributed by atoms with van der Waals surface area (Å²) in [7, 11) is 0. The summed E-state index contributed by atoms with van der Waals surface area (Å²) in [5.74, 6) is 8.06. The molecule has 78 valence electrons. The first-order valence-corrected chi connectivity index (χ1v) is 6.03. The Morgan fingerprint density at radius 1 is 1.14 bits per heavy atom. The molecule has 0 saturated heterocycles. The van der Waals surface area contributed by atoms with Crippen LogP contribution in [0.2, 0.25) is 0 Å². The predicted octanol–water partition coefficient (Wildman–Crippen LogP) is 2.57. The standard InChI is InChI=1S/C13H21N/c1-2-3-5-11-6-4-7-12(11)10-14-13-8-9-13/h11-14H,4-10H2,1H3. The summed E-state index contributed by atoms with van der Waals surface area (Å²) in [5.41, 5.74) is 0. The second-order valence-corrected chi connectivity index (χ2v) is 4.76. The van der Waals surface area contributed by atoms with Crippen molar-refractivity contribution in [1.29, 1.82) is 0 Å². The molecule has 14 heavy (non-hydrogen) atoms. The molecule has 2 aliphatic rings. The van der Waals surface area contributed by atoms with Crippen LogP contribution in [0.25, 0.3) is 0 Å². The Kier molecular flexibility index (Phi) is 3.48. The average molecular weight is 191 g/mol. The molecule has 0 aromatic heterocycles. The zero-order chi connectivity index (χ0) is 9.80. The van der Waals surface area contributed by atoms with Gasteiger partial charge in [0, 0.05) is 12.5 Å². The molecule has 0 aliphatic heterocycles. The van der Waals surface area contributed by atoms with E-state index in [-0.39, 0.29) is 0 Å². The van der Waals surface area contributed by atoms with E-state index < -0.39 is 0 Å². The Hall–Kier alpha value is -0.480. The second-order valence-electron chi connectivity index (χ2n) is 4.76. The van der Waals surface area contributed by atoms with Gasteiger partial charge in [0.05, 0.1) is 0 Å². The third-order valence-corrected chi connectivity index (χ3v) is 3.60. The van der Waals surface area contributed by atoms with Crippen LogP contribution in [0.3, 0.4) is 0 Å². The molecule has 2 fully saturated rings. The molecule has 1 N–H and O–H groups in total. The molecule has 0 spiro atoms. The lowest BCUT2D eigenvalue weighted by Gasteiger charge is -2.17. The zero-order valence-corrected chi connectivity index (χ0v) is 9.18. The molecule has 2 aliphatic carbocycles. The van der Waals surface area contributed by atoms with Crippen LogP contribution in [0.1, 0.15) is 45.4 Å². The number of nitrogens with one attached hydrogen (secondary N) is 1. The highest BCUT2D eigenvalue weighted by Gasteiger charge is 2.28. The molecule has 0 amide bonds. The number of hydrogen-bond donors (Lipinski definition) is 1. The van der Waals surface area contributed by atoms with E-state index in [1.807, 2.05) is 6.92 Å². The van der Waals surface area contributed by atoms with Gasteiger partial charge in [-0.05, 0) is 51.0 Å². The minimum atomic E-state index is 0.869. The van der Waals surface area contributed by atoms with E-state index in [2.05, 4.69) is 17.2 Å². The first-order chi connectivity index (χ1) is 6.90. The lowest BCUT2D eigenvalue weighted by molar-refractivity contribution is 0.372. The van der Waals surface area contributed by atoms with Crippen LogP contribution in [0.15, 0.2) is 0 Å². The summed E-state index contributed by atoms with van der Waals surface area (Å²) < 4.78 is 0. The van der Waals surface area contributed by atoms with Gasteiger partial charge in [0.25, 0.3) is 0 Å². The van der Waals surface area contributed by atoms with Crippen LogP contribution >= 0.6 is 0 Å². The summed E-state index contributed by atoms with van der Waals surface area (Å²) in [5, 5.41) is 3.66. The molecule has 1 nitrogen and oxygen atoms in total. The van der Waals surface area contributed by atoms with Crippen LogP contribution < -0.4 is 5.32 Å². The SMILES string of the molecule is CC#CCC1CCCC1CNC1CC1. The van der Waals surface area contributed by atoms with Gasteiger partial charge >= 0.3 is 0 Å². The van der Waals surface area contributed by atoms with Crippen molar-refractivity contribution in [2.75, 3.05) is 6.54 Å². The van der Waals surface area contributed by atoms with Crippen molar-refractivity contribution in [3.8, 4) is 11.8 Å². The van der Waals surface area contributed by atoms with Crippen molar-refractivity contribution in [3.63, 3.8) is 0 Å². The molecular weight excluding hydrogens is 170 g/mol. The van der Waals surface area contributed by atoms with E-state index in [9.17, 15) is 0 Å². The van der Waals surface area contributed by atoms with Crippen molar-refractivity contribution in [1.82, 2.24) is 5.32 Å². The topological polar surface area (TPSA) is 12.0 Å². The van der Waals surface area contributed by atoms with E-state index in [0.717, 1.165) is 24.3 Å². The monoisotopic (exact) mass is 191 g/mol. The molecule has 0 aromatic carbocycles. The van der Waals surface area contributed by atoms with Crippen LogP contribution in [-0.2, 0) is 0 Å². The van der Waals surface area contributed by atoms with E-state index in [4.69, 9.17) is 0 Å². The number of rotatable bonds is 4. The Balaban J connectivity index is 1.72. The lowest BCUT2D eigenvalue weighted by atomic mass is 9.93. The highest BCUT2D eigenvalue weighted by Crippen LogP contribution is 2.34. The van der Waals surface area contributed by atoms with Crippen molar-refractivity contribution >= 4 is 0 Å². The quantitative estimate of drug-likeness (QED) is 0.673. The molecule has 2 rings (SSSR count). The molecular formula is C13H21N. The van der Waals surface area contributed by atoms with Crippen LogP contribution in [0, 0.1) is 23.7 Å². The van der Waals surface area contributed by atoms with Gasteiger partial charge in [-0.2, -0.15) is 0 Å². The molecule has 2 unspecified atom stereocenters. The summed E-state index contributed by atoms with van der Waals surface area (Å²) >= 11 is 0. The van der Waals surface area contributed by atoms with E-state index in [1.165, 1.54) is 38.6 Å². The van der Waals surface area contributed by atoms with Crippen LogP contribution in [-0.4, -0.2) is 12.6 Å². The van der Waals surface area contributed by atoms with E-state index >= 15 is 0 Å². The molecule has 0 heterocycles. The van der Waals surface area contributed by atoms with Crippen molar-refractivity contribution in [2.45, 2.75) is 51.5 Å². The Morgan fingerprint density at radius 3 is 2.64 bits per heavy atom.